The molecule has 0 spiro atoms. The number of rotatable bonds is 4. The summed E-state index contributed by atoms with van der Waals surface area (Å²) in [6.45, 7) is 6.61. The second-order valence-electron chi connectivity index (χ2n) is 1.65. The zero-order valence-corrected chi connectivity index (χ0v) is 8.97. The van der Waals surface area contributed by atoms with Gasteiger partial charge in [0.15, 0.2) is 0 Å². The first-order valence-corrected chi connectivity index (χ1v) is 3.01. The summed E-state index contributed by atoms with van der Waals surface area (Å²) < 4.78 is 0. The van der Waals surface area contributed by atoms with Gasteiger partial charge in [0.25, 0.3) is 0 Å². The summed E-state index contributed by atoms with van der Waals surface area (Å²) >= 11 is 0. The molecule has 0 aromatic rings. The molecule has 0 atom stereocenters. The summed E-state index contributed by atoms with van der Waals surface area (Å²) in [6.07, 6.45) is 0.938. The summed E-state index contributed by atoms with van der Waals surface area (Å²) in [5.41, 5.74) is 0. The van der Waals surface area contributed by atoms with Crippen LogP contribution in [0.3, 0.4) is 0 Å². The van der Waals surface area contributed by atoms with Gasteiger partial charge in [0.2, 0.25) is 0 Å². The molecule has 51 valence electrons. The second kappa shape index (κ2) is 8.73. The van der Waals surface area contributed by atoms with Crippen LogP contribution in [0.4, 0.5) is 0 Å². The first kappa shape index (κ1) is 12.4. The summed E-state index contributed by atoms with van der Waals surface area (Å²) in [5.74, 6) is 0. The van der Waals surface area contributed by atoms with E-state index in [4.69, 9.17) is 0 Å². The average Bonchev–Trinajstić information content (AvgIpc) is 1.83. The maximum Gasteiger partial charge on any atom is 0.133 e. The first-order valence-electron chi connectivity index (χ1n) is 3.01. The van der Waals surface area contributed by atoms with E-state index in [1.54, 1.807) is 0 Å². The minimum Gasteiger partial charge on any atom is -0.302 e. The normalized spacial score (nSPS) is 8.78. The number of aldehydes is 1. The Balaban J connectivity index is 0. The maximum absolute atomic E-state index is 9.89. The quantitative estimate of drug-likeness (QED) is 0.622. The average molecular weight is 204 g/mol. The molecular weight excluding hydrogens is 191 g/mol. The molecule has 0 unspecified atom stereocenters. The van der Waals surface area contributed by atoms with Gasteiger partial charge in [0.05, 0.1) is 6.54 Å². The van der Waals surface area contributed by atoms with Crippen LogP contribution in [0.5, 0.6) is 0 Å². The standard InChI is InChI=1S/C6H13NO.Y/c1-3-7(4-2)5-6-8;/h6H,3-5H2,1-2H3;. The Morgan fingerprint density at radius 3 is 1.89 bits per heavy atom. The monoisotopic (exact) mass is 204 g/mol. The molecule has 0 amide bonds. The van der Waals surface area contributed by atoms with Crippen LogP contribution in [-0.2, 0) is 37.5 Å². The van der Waals surface area contributed by atoms with Gasteiger partial charge in [-0.3, -0.25) is 4.90 Å². The second-order valence-corrected chi connectivity index (χ2v) is 1.65. The molecule has 9 heavy (non-hydrogen) atoms. The molecule has 0 saturated carbocycles. The van der Waals surface area contributed by atoms with E-state index in [0.717, 1.165) is 19.4 Å². The third kappa shape index (κ3) is 6.62. The molecule has 0 saturated heterocycles. The molecule has 0 bridgehead atoms. The van der Waals surface area contributed by atoms with E-state index in [-0.39, 0.29) is 32.7 Å². The van der Waals surface area contributed by atoms with Crippen LogP contribution >= 0.6 is 0 Å². The molecule has 0 heterocycles. The van der Waals surface area contributed by atoms with Gasteiger partial charge in [-0.1, -0.05) is 13.8 Å². The minimum atomic E-state index is 0. The van der Waals surface area contributed by atoms with Crippen molar-refractivity contribution >= 4 is 6.29 Å². The van der Waals surface area contributed by atoms with Crippen molar-refractivity contribution in [1.82, 2.24) is 4.90 Å². The Hall–Kier alpha value is 0.734. The predicted molar refractivity (Wildman–Crippen MR) is 33.9 cm³/mol. The van der Waals surface area contributed by atoms with Crippen LogP contribution in [0.25, 0.3) is 0 Å². The van der Waals surface area contributed by atoms with Crippen LogP contribution in [0.1, 0.15) is 13.8 Å². The fraction of sp³-hybridized carbons (Fsp3) is 0.833. The fourth-order valence-electron chi connectivity index (χ4n) is 0.587. The van der Waals surface area contributed by atoms with E-state index >= 15 is 0 Å². The van der Waals surface area contributed by atoms with E-state index < -0.39 is 0 Å². The van der Waals surface area contributed by atoms with Crippen molar-refractivity contribution in [3.8, 4) is 0 Å². The number of hydrogen-bond acceptors (Lipinski definition) is 2. The number of carbonyl (C=O) groups is 1. The maximum atomic E-state index is 9.89. The van der Waals surface area contributed by atoms with E-state index in [2.05, 4.69) is 4.90 Å². The van der Waals surface area contributed by atoms with Gasteiger partial charge in [0, 0.05) is 32.7 Å². The van der Waals surface area contributed by atoms with Crippen LogP contribution < -0.4 is 0 Å². The molecule has 0 fully saturated rings. The Kier molecular flexibility index (Phi) is 12.0. The van der Waals surface area contributed by atoms with Gasteiger partial charge in [-0.2, -0.15) is 0 Å². The third-order valence-corrected chi connectivity index (χ3v) is 1.23. The van der Waals surface area contributed by atoms with Crippen molar-refractivity contribution in [3.05, 3.63) is 0 Å². The largest absolute Gasteiger partial charge is 0.302 e. The van der Waals surface area contributed by atoms with Gasteiger partial charge >= 0.3 is 0 Å². The van der Waals surface area contributed by atoms with Crippen molar-refractivity contribution in [2.45, 2.75) is 13.8 Å². The van der Waals surface area contributed by atoms with Crippen molar-refractivity contribution < 1.29 is 37.5 Å². The number of nitrogens with zero attached hydrogens (tertiary/aromatic N) is 1. The molecule has 1 radical (unpaired) electrons. The predicted octanol–water partition coefficient (Wildman–Crippen LogP) is 0.525. The summed E-state index contributed by atoms with van der Waals surface area (Å²) in [7, 11) is 0. The molecule has 0 aromatic carbocycles. The van der Waals surface area contributed by atoms with E-state index in [1.165, 1.54) is 0 Å². The van der Waals surface area contributed by atoms with Gasteiger partial charge in [-0.15, -0.1) is 0 Å². The number of likely N-dealkylation sites (N-methyl/N-ethyl adjacent to an activating group) is 1. The molecule has 0 aliphatic rings. The van der Waals surface area contributed by atoms with Gasteiger partial charge < -0.3 is 4.79 Å². The van der Waals surface area contributed by atoms with Crippen LogP contribution in [0.15, 0.2) is 0 Å². The van der Waals surface area contributed by atoms with Crippen molar-refractivity contribution in [2.24, 2.45) is 0 Å². The summed E-state index contributed by atoms with van der Waals surface area (Å²) in [6, 6.07) is 0. The molecule has 0 aromatic heterocycles. The SMILES string of the molecule is CCN(CC)CC=O.[Y]. The molecule has 0 N–H and O–H groups in total. The Morgan fingerprint density at radius 2 is 1.78 bits per heavy atom. The van der Waals surface area contributed by atoms with E-state index in [9.17, 15) is 4.79 Å². The zero-order chi connectivity index (χ0) is 6.41. The van der Waals surface area contributed by atoms with Crippen LogP contribution in [0, 0.1) is 0 Å². The Labute approximate surface area is 81.9 Å². The topological polar surface area (TPSA) is 20.3 Å². The smallest absolute Gasteiger partial charge is 0.133 e. The van der Waals surface area contributed by atoms with Gasteiger partial charge in [-0.05, 0) is 13.1 Å². The van der Waals surface area contributed by atoms with Crippen LogP contribution in [-0.4, -0.2) is 30.8 Å². The molecule has 2 nitrogen and oxygen atoms in total. The minimum absolute atomic E-state index is 0. The van der Waals surface area contributed by atoms with Crippen molar-refractivity contribution in [2.75, 3.05) is 19.6 Å². The number of hydrogen-bond donors (Lipinski definition) is 0. The molecule has 0 rings (SSSR count). The first-order chi connectivity index (χ1) is 3.85. The molecular formula is C6H13NOY. The molecule has 0 aliphatic carbocycles. The fourth-order valence-corrected chi connectivity index (χ4v) is 0.587. The Bertz CT molecular complexity index is 64.1. The van der Waals surface area contributed by atoms with Crippen LogP contribution in [0.2, 0.25) is 0 Å². The Morgan fingerprint density at radius 1 is 1.33 bits per heavy atom. The van der Waals surface area contributed by atoms with Gasteiger partial charge in [0.1, 0.15) is 6.29 Å². The van der Waals surface area contributed by atoms with Crippen molar-refractivity contribution in [1.29, 1.82) is 0 Å². The number of carbonyl (C=O) groups excluding carboxylic acids is 1. The summed E-state index contributed by atoms with van der Waals surface area (Å²) in [5, 5.41) is 0. The van der Waals surface area contributed by atoms with E-state index in [0.29, 0.717) is 6.54 Å². The zero-order valence-electron chi connectivity index (χ0n) is 6.13. The molecule has 3 heteroatoms. The molecule has 0 aliphatic heterocycles. The van der Waals surface area contributed by atoms with Gasteiger partial charge in [-0.25, -0.2) is 0 Å². The van der Waals surface area contributed by atoms with E-state index in [1.807, 2.05) is 13.8 Å². The third-order valence-electron chi connectivity index (χ3n) is 1.23. The summed E-state index contributed by atoms with van der Waals surface area (Å²) in [4.78, 5) is 12.0. The van der Waals surface area contributed by atoms with Crippen molar-refractivity contribution in [3.63, 3.8) is 0 Å².